The number of carboxylic acid groups (broad SMARTS) is 1. The van der Waals surface area contributed by atoms with Gasteiger partial charge in [-0.25, -0.2) is 9.59 Å². The standard InChI is InChI=1S/C29H34N2O4/c1-20-16-21(13-15-26(20)35-29(2,3)27(32)33)8-7-11-25-19-31(28(34)30(25)4)18-22-12-14-23-9-5-6-10-24(23)17-22/h5-6,9-10,12-17,25H,7-8,11,18-19H2,1-4H3,(H,32,33). The van der Waals surface area contributed by atoms with Crippen LogP contribution in [-0.4, -0.2) is 52.1 Å². The molecule has 0 aliphatic carbocycles. The van der Waals surface area contributed by atoms with Gasteiger partial charge in [0.05, 0.1) is 6.04 Å². The molecule has 1 N–H and O–H groups in total. The second-order valence-electron chi connectivity index (χ2n) is 10.0. The lowest BCUT2D eigenvalue weighted by molar-refractivity contribution is -0.152. The lowest BCUT2D eigenvalue weighted by Crippen LogP contribution is -2.38. The van der Waals surface area contributed by atoms with Gasteiger partial charge in [-0.05, 0) is 79.6 Å². The predicted octanol–water partition coefficient (Wildman–Crippen LogP) is 5.65. The monoisotopic (exact) mass is 474 g/mol. The minimum Gasteiger partial charge on any atom is -0.478 e. The van der Waals surface area contributed by atoms with E-state index in [1.165, 1.54) is 16.3 Å². The van der Waals surface area contributed by atoms with Gasteiger partial charge in [0.25, 0.3) is 0 Å². The summed E-state index contributed by atoms with van der Waals surface area (Å²) in [7, 11) is 1.90. The molecule has 0 saturated carbocycles. The molecule has 184 valence electrons. The third-order valence-electron chi connectivity index (χ3n) is 6.86. The first-order valence-electron chi connectivity index (χ1n) is 12.2. The molecule has 1 heterocycles. The molecule has 4 rings (SSSR count). The van der Waals surface area contributed by atoms with Gasteiger partial charge in [-0.2, -0.15) is 0 Å². The van der Waals surface area contributed by atoms with Crippen molar-refractivity contribution in [2.75, 3.05) is 13.6 Å². The maximum Gasteiger partial charge on any atom is 0.347 e. The van der Waals surface area contributed by atoms with E-state index in [0.29, 0.717) is 12.3 Å². The van der Waals surface area contributed by atoms with Crippen LogP contribution in [0, 0.1) is 6.92 Å². The number of hydrogen-bond acceptors (Lipinski definition) is 3. The maximum atomic E-state index is 12.9. The zero-order valence-corrected chi connectivity index (χ0v) is 21.0. The summed E-state index contributed by atoms with van der Waals surface area (Å²) < 4.78 is 5.70. The lowest BCUT2D eigenvalue weighted by atomic mass is 10.0. The Kier molecular flexibility index (Phi) is 7.01. The van der Waals surface area contributed by atoms with Crippen LogP contribution < -0.4 is 4.74 Å². The van der Waals surface area contributed by atoms with E-state index >= 15 is 0 Å². The first-order chi connectivity index (χ1) is 16.6. The van der Waals surface area contributed by atoms with E-state index in [0.717, 1.165) is 36.9 Å². The number of nitrogens with zero attached hydrogens (tertiary/aromatic N) is 2. The Hall–Kier alpha value is -3.54. The summed E-state index contributed by atoms with van der Waals surface area (Å²) in [6.45, 7) is 6.39. The highest BCUT2D eigenvalue weighted by atomic mass is 16.5. The molecule has 1 saturated heterocycles. The largest absolute Gasteiger partial charge is 0.478 e. The Balaban J connectivity index is 1.31. The number of hydrogen-bond donors (Lipinski definition) is 1. The van der Waals surface area contributed by atoms with Crippen LogP contribution >= 0.6 is 0 Å². The fourth-order valence-corrected chi connectivity index (χ4v) is 4.65. The van der Waals surface area contributed by atoms with Crippen molar-refractivity contribution < 1.29 is 19.4 Å². The molecule has 6 nitrogen and oxygen atoms in total. The number of ether oxygens (including phenoxy) is 1. The quantitative estimate of drug-likeness (QED) is 0.435. The second-order valence-corrected chi connectivity index (χ2v) is 10.0. The fraction of sp³-hybridized carbons (Fsp3) is 0.379. The van der Waals surface area contributed by atoms with Crippen LogP contribution in [0.25, 0.3) is 10.8 Å². The van der Waals surface area contributed by atoms with Crippen molar-refractivity contribution in [3.05, 3.63) is 77.4 Å². The molecule has 1 atom stereocenters. The van der Waals surface area contributed by atoms with E-state index in [-0.39, 0.29) is 12.1 Å². The van der Waals surface area contributed by atoms with E-state index in [1.54, 1.807) is 13.8 Å². The first-order valence-corrected chi connectivity index (χ1v) is 12.2. The topological polar surface area (TPSA) is 70.1 Å². The van der Waals surface area contributed by atoms with Crippen molar-refractivity contribution >= 4 is 22.8 Å². The summed E-state index contributed by atoms with van der Waals surface area (Å²) in [6.07, 6.45) is 2.79. The van der Waals surface area contributed by atoms with Gasteiger partial charge in [0, 0.05) is 20.1 Å². The summed E-state index contributed by atoms with van der Waals surface area (Å²) in [5.74, 6) is -0.405. The molecular weight excluding hydrogens is 440 g/mol. The van der Waals surface area contributed by atoms with Crippen molar-refractivity contribution in [1.29, 1.82) is 0 Å². The third kappa shape index (κ3) is 5.59. The molecule has 2 amide bonds. The molecule has 0 aromatic heterocycles. The molecule has 6 heteroatoms. The lowest BCUT2D eigenvalue weighted by Gasteiger charge is -2.23. The highest BCUT2D eigenvalue weighted by molar-refractivity contribution is 5.83. The van der Waals surface area contributed by atoms with Gasteiger partial charge in [0.2, 0.25) is 0 Å². The number of benzene rings is 3. The number of aryl methyl sites for hydroxylation is 2. The van der Waals surface area contributed by atoms with Gasteiger partial charge in [-0.15, -0.1) is 0 Å². The van der Waals surface area contributed by atoms with Gasteiger partial charge in [-0.1, -0.05) is 48.5 Å². The van der Waals surface area contributed by atoms with Gasteiger partial charge in [0.1, 0.15) is 5.75 Å². The molecule has 1 unspecified atom stereocenters. The third-order valence-corrected chi connectivity index (χ3v) is 6.86. The van der Waals surface area contributed by atoms with Crippen molar-refractivity contribution in [2.45, 2.75) is 58.2 Å². The summed E-state index contributed by atoms with van der Waals surface area (Å²) in [5, 5.41) is 11.7. The molecule has 3 aromatic rings. The van der Waals surface area contributed by atoms with E-state index in [2.05, 4.69) is 36.4 Å². The van der Waals surface area contributed by atoms with Crippen LogP contribution in [0.1, 0.15) is 43.4 Å². The molecule has 0 bridgehead atoms. The number of rotatable bonds is 9. The highest BCUT2D eigenvalue weighted by Crippen LogP contribution is 2.26. The minimum atomic E-state index is -1.27. The van der Waals surface area contributed by atoms with E-state index in [1.807, 2.05) is 48.0 Å². The van der Waals surface area contributed by atoms with Crippen molar-refractivity contribution in [3.8, 4) is 5.75 Å². The van der Waals surface area contributed by atoms with E-state index in [4.69, 9.17) is 4.74 Å². The number of carbonyl (C=O) groups is 2. The number of amides is 2. The number of urea groups is 1. The molecule has 1 aliphatic heterocycles. The van der Waals surface area contributed by atoms with Crippen molar-refractivity contribution in [2.24, 2.45) is 0 Å². The molecule has 0 spiro atoms. The molecule has 3 aromatic carbocycles. The van der Waals surface area contributed by atoms with Crippen LogP contribution in [0.2, 0.25) is 0 Å². The number of carbonyl (C=O) groups excluding carboxylic acids is 1. The van der Waals surface area contributed by atoms with Gasteiger partial charge >= 0.3 is 12.0 Å². The Morgan fingerprint density at radius 2 is 1.77 bits per heavy atom. The Bertz CT molecular complexity index is 1240. The average molecular weight is 475 g/mol. The van der Waals surface area contributed by atoms with Crippen LogP contribution in [0.15, 0.2) is 60.7 Å². The van der Waals surface area contributed by atoms with Gasteiger partial charge in [0.15, 0.2) is 5.60 Å². The molecule has 35 heavy (non-hydrogen) atoms. The normalized spacial score (nSPS) is 16.2. The number of likely N-dealkylation sites (N-methyl/N-ethyl adjacent to an activating group) is 1. The zero-order chi connectivity index (χ0) is 25.2. The summed E-state index contributed by atoms with van der Waals surface area (Å²) in [6, 6.07) is 20.9. The molecule has 1 aliphatic rings. The molecular formula is C29H34N2O4. The van der Waals surface area contributed by atoms with E-state index in [9.17, 15) is 14.7 Å². The number of fused-ring (bicyclic) bond motifs is 1. The summed E-state index contributed by atoms with van der Waals surface area (Å²) >= 11 is 0. The Labute approximate surface area is 207 Å². The predicted molar refractivity (Wildman–Crippen MR) is 138 cm³/mol. The number of aliphatic carboxylic acids is 1. The zero-order valence-electron chi connectivity index (χ0n) is 21.0. The smallest absolute Gasteiger partial charge is 0.347 e. The van der Waals surface area contributed by atoms with Crippen LogP contribution in [0.4, 0.5) is 4.79 Å². The van der Waals surface area contributed by atoms with Crippen molar-refractivity contribution in [3.63, 3.8) is 0 Å². The summed E-state index contributed by atoms with van der Waals surface area (Å²) in [5.41, 5.74) is 1.98. The second kappa shape index (κ2) is 9.98. The van der Waals surface area contributed by atoms with Crippen LogP contribution in [-0.2, 0) is 17.8 Å². The average Bonchev–Trinajstić information content (AvgIpc) is 3.08. The first kappa shape index (κ1) is 24.6. The van der Waals surface area contributed by atoms with Crippen molar-refractivity contribution in [1.82, 2.24) is 9.80 Å². The molecule has 0 radical (unpaired) electrons. The fourth-order valence-electron chi connectivity index (χ4n) is 4.65. The molecule has 1 fully saturated rings. The summed E-state index contributed by atoms with van der Waals surface area (Å²) in [4.78, 5) is 28.0. The van der Waals surface area contributed by atoms with Crippen LogP contribution in [0.3, 0.4) is 0 Å². The highest BCUT2D eigenvalue weighted by Gasteiger charge is 2.34. The minimum absolute atomic E-state index is 0.0848. The van der Waals surface area contributed by atoms with Crippen LogP contribution in [0.5, 0.6) is 5.75 Å². The number of carboxylic acids is 1. The Morgan fingerprint density at radius 3 is 2.49 bits per heavy atom. The Morgan fingerprint density at radius 1 is 1.06 bits per heavy atom. The van der Waals surface area contributed by atoms with Gasteiger partial charge < -0.3 is 19.6 Å². The SMILES string of the molecule is Cc1cc(CCCC2CN(Cc3ccc4ccccc4c3)C(=O)N2C)ccc1OC(C)(C)C(=O)O. The van der Waals surface area contributed by atoms with Gasteiger partial charge in [-0.3, -0.25) is 0 Å². The maximum absolute atomic E-state index is 12.9. The van der Waals surface area contributed by atoms with E-state index < -0.39 is 11.6 Å².